The molecule has 0 aliphatic carbocycles. The molecule has 4 rings (SSSR count). The number of hydrogen-bond donors (Lipinski definition) is 1. The lowest BCUT2D eigenvalue weighted by atomic mass is 10.1. The van der Waals surface area contributed by atoms with Crippen molar-refractivity contribution in [1.82, 2.24) is 9.97 Å². The van der Waals surface area contributed by atoms with E-state index in [0.717, 1.165) is 41.4 Å². The van der Waals surface area contributed by atoms with Gasteiger partial charge < -0.3 is 9.64 Å². The third-order valence-corrected chi connectivity index (χ3v) is 5.31. The molecule has 0 N–H and O–H groups in total. The van der Waals surface area contributed by atoms with E-state index in [1.807, 2.05) is 54.6 Å². The zero-order chi connectivity index (χ0) is 20.9. The number of aromatic nitrogens is 2. The van der Waals surface area contributed by atoms with E-state index >= 15 is 0 Å². The number of aryl methyl sites for hydroxylation is 1. The minimum atomic E-state index is -3.04. The van der Waals surface area contributed by atoms with Crippen LogP contribution in [0.3, 0.4) is 0 Å². The van der Waals surface area contributed by atoms with Crippen LogP contribution in [0, 0.1) is 0 Å². The molecule has 2 heterocycles. The van der Waals surface area contributed by atoms with Gasteiger partial charge in [-0.15, -0.1) is 0 Å². The Hall–Kier alpha value is -2.97. The second kappa shape index (κ2) is 9.23. The molecule has 2 aromatic carbocycles. The van der Waals surface area contributed by atoms with E-state index < -0.39 is 17.1 Å². The number of rotatable bonds is 8. The summed E-state index contributed by atoms with van der Waals surface area (Å²) in [6, 6.07) is 17.4. The van der Waals surface area contributed by atoms with Crippen LogP contribution >= 0.6 is 0 Å². The van der Waals surface area contributed by atoms with Crippen molar-refractivity contribution < 1.29 is 17.3 Å². The topological polar surface area (TPSA) is 81.6 Å². The number of anilines is 2. The maximum Gasteiger partial charge on any atom is 0.257 e. The molecule has 8 heteroatoms. The Kier molecular flexibility index (Phi) is 6.25. The number of para-hydroxylation sites is 4. The van der Waals surface area contributed by atoms with Gasteiger partial charge in [-0.25, -0.2) is 18.4 Å². The minimum absolute atomic E-state index is 0.384. The highest BCUT2D eigenvalue weighted by molar-refractivity contribution is 7.67. The van der Waals surface area contributed by atoms with Crippen molar-refractivity contribution >= 4 is 22.4 Å². The largest absolute Gasteiger partial charge is 0.453 e. The highest BCUT2D eigenvalue weighted by Gasteiger charge is 2.26. The molecule has 156 valence electrons. The molecule has 0 fully saturated rings. The Bertz CT molecular complexity index is 1050. The number of fused-ring (bicyclic) bond motifs is 2. The number of nitrogens with zero attached hydrogens (tertiary/aromatic N) is 3. The number of benzene rings is 2. The number of ether oxygens (including phenoxy) is 1. The third kappa shape index (κ3) is 4.44. The van der Waals surface area contributed by atoms with Crippen LogP contribution in [0.5, 0.6) is 11.5 Å². The lowest BCUT2D eigenvalue weighted by Crippen LogP contribution is -2.25. The van der Waals surface area contributed by atoms with Crippen LogP contribution in [-0.2, 0) is 21.6 Å². The van der Waals surface area contributed by atoms with Crippen LogP contribution in [0.1, 0.15) is 37.4 Å². The Morgan fingerprint density at radius 1 is 1.03 bits per heavy atom. The second-order valence-electron chi connectivity index (χ2n) is 6.95. The van der Waals surface area contributed by atoms with Crippen molar-refractivity contribution in [2.24, 2.45) is 0 Å². The molecule has 0 amide bonds. The summed E-state index contributed by atoms with van der Waals surface area (Å²) in [6.07, 6.45) is 3.03. The summed E-state index contributed by atoms with van der Waals surface area (Å²) in [6.45, 7) is 2.57. The van der Waals surface area contributed by atoms with Gasteiger partial charge in [-0.3, -0.25) is 4.18 Å². The van der Waals surface area contributed by atoms with E-state index in [-0.39, 0.29) is 0 Å². The summed E-state index contributed by atoms with van der Waals surface area (Å²) in [5.74, 6) is 1.89. The van der Waals surface area contributed by atoms with Crippen LogP contribution in [0.2, 0.25) is 0 Å². The van der Waals surface area contributed by atoms with Gasteiger partial charge in [0.1, 0.15) is 6.10 Å². The quantitative estimate of drug-likeness (QED) is 0.537. The zero-order valence-electron chi connectivity index (χ0n) is 16.6. The highest BCUT2D eigenvalue weighted by atomic mass is 32.2. The number of thiol groups is 1. The second-order valence-corrected chi connectivity index (χ2v) is 7.61. The standard InChI is InChI=1S/C22H23N3O4S/c1-2-7-16-12-14-23-22(24-16)21(29-30(26)27)13-15-25-17-8-3-5-10-19(17)28-20-11-6-4-9-18(20)25/h3-6,8-12,14,21,30H,2,7,13,15H2,1H3. The SMILES string of the molecule is CCCc1ccnc(C(CCN2c3ccccc3Oc3ccccc32)O[SH](=O)=O)n1. The van der Waals surface area contributed by atoms with E-state index in [4.69, 9.17) is 8.92 Å². The van der Waals surface area contributed by atoms with Crippen molar-refractivity contribution in [3.8, 4) is 11.5 Å². The van der Waals surface area contributed by atoms with Gasteiger partial charge in [0, 0.05) is 24.9 Å². The molecule has 0 saturated carbocycles. The monoisotopic (exact) mass is 425 g/mol. The molecular weight excluding hydrogens is 402 g/mol. The first-order valence-electron chi connectivity index (χ1n) is 9.92. The van der Waals surface area contributed by atoms with E-state index in [9.17, 15) is 8.42 Å². The maximum atomic E-state index is 11.4. The minimum Gasteiger partial charge on any atom is -0.453 e. The summed E-state index contributed by atoms with van der Waals surface area (Å²) in [5, 5.41) is 0. The molecule has 0 spiro atoms. The average Bonchev–Trinajstić information content (AvgIpc) is 2.76. The van der Waals surface area contributed by atoms with Crippen LogP contribution in [-0.4, -0.2) is 24.9 Å². The summed E-state index contributed by atoms with van der Waals surface area (Å²) in [4.78, 5) is 10.9. The third-order valence-electron chi connectivity index (χ3n) is 4.89. The van der Waals surface area contributed by atoms with Crippen LogP contribution in [0.4, 0.5) is 11.4 Å². The predicted octanol–water partition coefficient (Wildman–Crippen LogP) is 4.35. The van der Waals surface area contributed by atoms with Crippen LogP contribution in [0.15, 0.2) is 60.8 Å². The van der Waals surface area contributed by atoms with Crippen molar-refractivity contribution in [2.45, 2.75) is 32.3 Å². The van der Waals surface area contributed by atoms with Gasteiger partial charge >= 0.3 is 0 Å². The first-order chi connectivity index (χ1) is 14.7. The molecule has 1 aliphatic rings. The smallest absolute Gasteiger partial charge is 0.257 e. The maximum absolute atomic E-state index is 11.4. The Morgan fingerprint density at radius 3 is 2.33 bits per heavy atom. The van der Waals surface area contributed by atoms with E-state index in [0.29, 0.717) is 18.8 Å². The van der Waals surface area contributed by atoms with E-state index in [1.54, 1.807) is 6.20 Å². The molecule has 0 saturated heterocycles. The fourth-order valence-corrected chi connectivity index (χ4v) is 3.97. The lowest BCUT2D eigenvalue weighted by molar-refractivity contribution is 0.204. The Labute approximate surface area is 177 Å². The van der Waals surface area contributed by atoms with Gasteiger partial charge in [0.2, 0.25) is 0 Å². The van der Waals surface area contributed by atoms with E-state index in [1.165, 1.54) is 0 Å². The van der Waals surface area contributed by atoms with Gasteiger partial charge in [0.15, 0.2) is 17.3 Å². The van der Waals surface area contributed by atoms with Crippen molar-refractivity contribution in [2.75, 3.05) is 11.4 Å². The van der Waals surface area contributed by atoms with Gasteiger partial charge in [0.05, 0.1) is 11.4 Å². The fourth-order valence-electron chi connectivity index (χ4n) is 3.56. The molecule has 3 aromatic rings. The summed E-state index contributed by atoms with van der Waals surface area (Å²) < 4.78 is 34.0. The van der Waals surface area contributed by atoms with Crippen molar-refractivity contribution in [3.63, 3.8) is 0 Å². The highest BCUT2D eigenvalue weighted by Crippen LogP contribution is 2.46. The molecule has 1 atom stereocenters. The summed E-state index contributed by atoms with van der Waals surface area (Å²) >= 11 is 0. The van der Waals surface area contributed by atoms with E-state index in [2.05, 4.69) is 21.8 Å². The van der Waals surface area contributed by atoms with Crippen molar-refractivity contribution in [1.29, 1.82) is 0 Å². The van der Waals surface area contributed by atoms with Gasteiger partial charge in [-0.05, 0) is 36.8 Å². The first-order valence-corrected chi connectivity index (χ1v) is 11.0. The van der Waals surface area contributed by atoms with Crippen LogP contribution < -0.4 is 9.64 Å². The van der Waals surface area contributed by atoms with Crippen LogP contribution in [0.25, 0.3) is 0 Å². The van der Waals surface area contributed by atoms with Crippen molar-refractivity contribution in [3.05, 3.63) is 72.3 Å². The van der Waals surface area contributed by atoms with Gasteiger partial charge in [0.25, 0.3) is 11.0 Å². The first kappa shape index (κ1) is 20.3. The van der Waals surface area contributed by atoms with Gasteiger partial charge in [-0.2, -0.15) is 0 Å². The number of hydrogen-bond acceptors (Lipinski definition) is 7. The molecule has 1 aromatic heterocycles. The summed E-state index contributed by atoms with van der Waals surface area (Å²) in [7, 11) is -3.04. The zero-order valence-corrected chi connectivity index (χ0v) is 17.5. The Morgan fingerprint density at radius 2 is 1.70 bits per heavy atom. The molecule has 30 heavy (non-hydrogen) atoms. The van der Waals surface area contributed by atoms with Gasteiger partial charge in [-0.1, -0.05) is 37.6 Å². The predicted molar refractivity (Wildman–Crippen MR) is 115 cm³/mol. The average molecular weight is 426 g/mol. The lowest BCUT2D eigenvalue weighted by Gasteiger charge is -2.33. The molecule has 1 aliphatic heterocycles. The fraction of sp³-hybridized carbons (Fsp3) is 0.273. The molecule has 0 radical (unpaired) electrons. The normalized spacial score (nSPS) is 13.5. The molecule has 0 bridgehead atoms. The summed E-state index contributed by atoms with van der Waals surface area (Å²) in [5.41, 5.74) is 2.71. The molecule has 7 nitrogen and oxygen atoms in total. The molecular formula is C22H23N3O4S. The Balaban J connectivity index is 1.62. The molecule has 1 unspecified atom stereocenters.